The lowest BCUT2D eigenvalue weighted by atomic mass is 9.96. The zero-order valence-electron chi connectivity index (χ0n) is 15.5. The molecule has 1 saturated heterocycles. The largest absolute Gasteiger partial charge is 0.317 e. The molecule has 3 rings (SSSR count). The van der Waals surface area contributed by atoms with Gasteiger partial charge in [-0.25, -0.2) is 9.67 Å². The van der Waals surface area contributed by atoms with Gasteiger partial charge >= 0.3 is 0 Å². The van der Waals surface area contributed by atoms with Gasteiger partial charge in [0.2, 0.25) is 0 Å². The zero-order valence-corrected chi connectivity index (χ0v) is 16.4. The molecule has 0 amide bonds. The fraction of sp³-hybridized carbons (Fsp3) is 0.579. The zero-order chi connectivity index (χ0) is 16.9. The Kier molecular flexibility index (Phi) is 7.41. The maximum Gasteiger partial charge on any atom is 0.153 e. The molecule has 0 unspecified atom stereocenters. The van der Waals surface area contributed by atoms with Gasteiger partial charge in [0.25, 0.3) is 0 Å². The van der Waals surface area contributed by atoms with Crippen LogP contribution in [0.5, 0.6) is 0 Å². The summed E-state index contributed by atoms with van der Waals surface area (Å²) in [6.07, 6.45) is 4.40. The van der Waals surface area contributed by atoms with E-state index in [4.69, 9.17) is 5.10 Å². The quantitative estimate of drug-likeness (QED) is 0.856. The molecule has 2 aromatic rings. The van der Waals surface area contributed by atoms with Crippen LogP contribution in [0.15, 0.2) is 24.4 Å². The highest BCUT2D eigenvalue weighted by Crippen LogP contribution is 2.22. The minimum atomic E-state index is 0. The molecule has 0 aliphatic carbocycles. The first kappa shape index (κ1) is 19.9. The van der Waals surface area contributed by atoms with Crippen LogP contribution in [0.1, 0.15) is 36.7 Å². The average molecular weight is 364 g/mol. The molecular formula is C19H30ClN5. The summed E-state index contributed by atoms with van der Waals surface area (Å²) < 4.78 is 1.97. The van der Waals surface area contributed by atoms with E-state index in [2.05, 4.69) is 36.0 Å². The number of aromatic nitrogens is 3. The second-order valence-corrected chi connectivity index (χ2v) is 6.78. The van der Waals surface area contributed by atoms with Gasteiger partial charge in [-0.15, -0.1) is 12.4 Å². The first-order valence-electron chi connectivity index (χ1n) is 9.08. The average Bonchev–Trinajstić information content (AvgIpc) is 2.90. The number of piperidine rings is 1. The maximum absolute atomic E-state index is 4.72. The Morgan fingerprint density at radius 1 is 1.20 bits per heavy atom. The van der Waals surface area contributed by atoms with Crippen LogP contribution < -0.4 is 5.32 Å². The van der Waals surface area contributed by atoms with Gasteiger partial charge in [0.15, 0.2) is 5.82 Å². The van der Waals surface area contributed by atoms with Crippen LogP contribution in [0.2, 0.25) is 0 Å². The van der Waals surface area contributed by atoms with Gasteiger partial charge in [0.1, 0.15) is 0 Å². The smallest absolute Gasteiger partial charge is 0.153 e. The van der Waals surface area contributed by atoms with Crippen LogP contribution in [0.3, 0.4) is 0 Å². The van der Waals surface area contributed by atoms with Crippen LogP contribution in [-0.4, -0.2) is 45.8 Å². The number of likely N-dealkylation sites (tertiary alicyclic amines) is 1. The molecule has 138 valence electrons. The Hall–Kier alpha value is -1.43. The second kappa shape index (κ2) is 9.32. The first-order chi connectivity index (χ1) is 11.7. The molecule has 6 heteroatoms. The number of hydrogen-bond acceptors (Lipinski definition) is 4. The standard InChI is InChI=1S/C19H29N5.ClH/c1-4-20-13-17-8-11-23(12-9-17)14-18-15(2)22-24(16(18)3)19-7-5-6-10-21-19;/h5-7,10,17,20H,4,8-9,11-14H2,1-3H3;1H. The van der Waals surface area contributed by atoms with E-state index in [1.807, 2.05) is 29.1 Å². The summed E-state index contributed by atoms with van der Waals surface area (Å²) in [5.74, 6) is 1.73. The van der Waals surface area contributed by atoms with Crippen LogP contribution in [0, 0.1) is 19.8 Å². The van der Waals surface area contributed by atoms with E-state index < -0.39 is 0 Å². The van der Waals surface area contributed by atoms with Crippen LogP contribution in [-0.2, 0) is 6.54 Å². The predicted molar refractivity (Wildman–Crippen MR) is 105 cm³/mol. The fourth-order valence-electron chi connectivity index (χ4n) is 3.53. The topological polar surface area (TPSA) is 46.0 Å². The molecule has 1 N–H and O–H groups in total. The Labute approximate surface area is 157 Å². The van der Waals surface area contributed by atoms with Crippen molar-refractivity contribution in [3.63, 3.8) is 0 Å². The Bertz CT molecular complexity index is 647. The molecule has 25 heavy (non-hydrogen) atoms. The van der Waals surface area contributed by atoms with E-state index in [0.29, 0.717) is 0 Å². The molecule has 0 radical (unpaired) electrons. The Morgan fingerprint density at radius 2 is 1.96 bits per heavy atom. The van der Waals surface area contributed by atoms with E-state index in [-0.39, 0.29) is 12.4 Å². The van der Waals surface area contributed by atoms with Gasteiger partial charge in [0.05, 0.1) is 5.69 Å². The molecule has 0 aromatic carbocycles. The minimum absolute atomic E-state index is 0. The highest BCUT2D eigenvalue weighted by atomic mass is 35.5. The highest BCUT2D eigenvalue weighted by Gasteiger charge is 2.21. The monoisotopic (exact) mass is 363 g/mol. The summed E-state index contributed by atoms with van der Waals surface area (Å²) in [4.78, 5) is 7.00. The lowest BCUT2D eigenvalue weighted by Crippen LogP contribution is -2.37. The molecule has 5 nitrogen and oxygen atoms in total. The lowest BCUT2D eigenvalue weighted by Gasteiger charge is -2.32. The third-order valence-electron chi connectivity index (χ3n) is 5.08. The van der Waals surface area contributed by atoms with Gasteiger partial charge in [-0.05, 0) is 70.9 Å². The maximum atomic E-state index is 4.72. The van der Waals surface area contributed by atoms with Crippen molar-refractivity contribution < 1.29 is 0 Å². The molecule has 1 aliphatic heterocycles. The first-order valence-corrected chi connectivity index (χ1v) is 9.08. The summed E-state index contributed by atoms with van der Waals surface area (Å²) in [5, 5.41) is 8.20. The third-order valence-corrected chi connectivity index (χ3v) is 5.08. The summed E-state index contributed by atoms with van der Waals surface area (Å²) in [6.45, 7) is 12.1. The van der Waals surface area contributed by atoms with Crippen molar-refractivity contribution in [3.8, 4) is 5.82 Å². The van der Waals surface area contributed by atoms with Gasteiger partial charge < -0.3 is 5.32 Å². The Balaban J connectivity index is 0.00000225. The molecule has 0 saturated carbocycles. The van der Waals surface area contributed by atoms with Crippen molar-refractivity contribution in [2.24, 2.45) is 5.92 Å². The minimum Gasteiger partial charge on any atom is -0.317 e. The summed E-state index contributed by atoms with van der Waals surface area (Å²) in [7, 11) is 0. The summed E-state index contributed by atoms with van der Waals surface area (Å²) in [6, 6.07) is 5.96. The van der Waals surface area contributed by atoms with Gasteiger partial charge in [-0.1, -0.05) is 13.0 Å². The van der Waals surface area contributed by atoms with Crippen molar-refractivity contribution in [2.75, 3.05) is 26.2 Å². The molecule has 1 aliphatic rings. The number of hydrogen-bond donors (Lipinski definition) is 1. The van der Waals surface area contributed by atoms with Crippen LogP contribution >= 0.6 is 12.4 Å². The fourth-order valence-corrected chi connectivity index (χ4v) is 3.53. The molecule has 3 heterocycles. The molecule has 0 spiro atoms. The predicted octanol–water partition coefficient (Wildman–Crippen LogP) is 3.13. The molecule has 2 aromatic heterocycles. The Morgan fingerprint density at radius 3 is 2.60 bits per heavy atom. The van der Waals surface area contributed by atoms with E-state index in [1.54, 1.807) is 0 Å². The summed E-state index contributed by atoms with van der Waals surface area (Å²) >= 11 is 0. The van der Waals surface area contributed by atoms with E-state index in [0.717, 1.165) is 30.5 Å². The molecule has 1 fully saturated rings. The molecule has 0 bridgehead atoms. The number of pyridine rings is 1. The normalized spacial score (nSPS) is 16.0. The van der Waals surface area contributed by atoms with Crippen LogP contribution in [0.4, 0.5) is 0 Å². The number of rotatable bonds is 6. The highest BCUT2D eigenvalue weighted by molar-refractivity contribution is 5.85. The van der Waals surface area contributed by atoms with Crippen molar-refractivity contribution in [2.45, 2.75) is 40.2 Å². The number of halogens is 1. The molecule has 0 atom stereocenters. The van der Waals surface area contributed by atoms with Crippen molar-refractivity contribution in [1.29, 1.82) is 0 Å². The van der Waals surface area contributed by atoms with Gasteiger partial charge in [-0.2, -0.15) is 5.10 Å². The lowest BCUT2D eigenvalue weighted by molar-refractivity contribution is 0.175. The van der Waals surface area contributed by atoms with Crippen molar-refractivity contribution in [1.82, 2.24) is 25.0 Å². The number of aryl methyl sites for hydroxylation is 1. The van der Waals surface area contributed by atoms with Gasteiger partial charge in [0, 0.05) is 24.0 Å². The third kappa shape index (κ3) is 4.81. The second-order valence-electron chi connectivity index (χ2n) is 6.78. The number of nitrogens with one attached hydrogen (secondary N) is 1. The molecular weight excluding hydrogens is 334 g/mol. The van der Waals surface area contributed by atoms with E-state index in [9.17, 15) is 0 Å². The van der Waals surface area contributed by atoms with E-state index >= 15 is 0 Å². The van der Waals surface area contributed by atoms with Gasteiger partial charge in [-0.3, -0.25) is 4.90 Å². The van der Waals surface area contributed by atoms with E-state index in [1.165, 1.54) is 43.7 Å². The summed E-state index contributed by atoms with van der Waals surface area (Å²) in [5.41, 5.74) is 3.68. The van der Waals surface area contributed by atoms with Crippen molar-refractivity contribution in [3.05, 3.63) is 41.3 Å². The van der Waals surface area contributed by atoms with Crippen molar-refractivity contribution >= 4 is 12.4 Å². The SMILES string of the molecule is CCNCC1CCN(Cc2c(C)nn(-c3ccccn3)c2C)CC1.Cl. The van der Waals surface area contributed by atoms with Crippen LogP contribution in [0.25, 0.3) is 5.82 Å². The number of nitrogens with zero attached hydrogens (tertiary/aromatic N) is 4.